The molecule has 1 rings (SSSR count). The molecule has 0 aliphatic carbocycles. The van der Waals surface area contributed by atoms with Crippen molar-refractivity contribution in [1.29, 1.82) is 0 Å². The van der Waals surface area contributed by atoms with E-state index >= 15 is 0 Å². The molecule has 1 unspecified atom stereocenters. The number of aromatic nitrogens is 1. The SMILES string of the molecule is CSCCC(C)NCc1ccc(Br)cn1. The first-order valence-corrected chi connectivity index (χ1v) is 7.24. The smallest absolute Gasteiger partial charge is 0.0542 e. The van der Waals surface area contributed by atoms with E-state index in [1.165, 1.54) is 12.2 Å². The molecule has 0 aromatic carbocycles. The molecule has 84 valence electrons. The van der Waals surface area contributed by atoms with Crippen LogP contribution in [0.4, 0.5) is 0 Å². The molecule has 0 bridgehead atoms. The molecule has 1 aromatic rings. The van der Waals surface area contributed by atoms with Crippen molar-refractivity contribution in [3.05, 3.63) is 28.5 Å². The van der Waals surface area contributed by atoms with Crippen molar-refractivity contribution in [1.82, 2.24) is 10.3 Å². The van der Waals surface area contributed by atoms with Crippen molar-refractivity contribution < 1.29 is 0 Å². The Balaban J connectivity index is 2.27. The number of rotatable bonds is 6. The lowest BCUT2D eigenvalue weighted by Crippen LogP contribution is -2.26. The van der Waals surface area contributed by atoms with Crippen molar-refractivity contribution in [3.8, 4) is 0 Å². The van der Waals surface area contributed by atoms with Gasteiger partial charge in [-0.2, -0.15) is 11.8 Å². The third-order valence-electron chi connectivity index (χ3n) is 2.18. The predicted molar refractivity (Wildman–Crippen MR) is 71.2 cm³/mol. The fraction of sp³-hybridized carbons (Fsp3) is 0.545. The van der Waals surface area contributed by atoms with Gasteiger partial charge in [0.05, 0.1) is 5.69 Å². The molecule has 15 heavy (non-hydrogen) atoms. The van der Waals surface area contributed by atoms with E-state index in [2.05, 4.69) is 39.4 Å². The van der Waals surface area contributed by atoms with Crippen LogP contribution in [0, 0.1) is 0 Å². The van der Waals surface area contributed by atoms with Gasteiger partial charge in [0.15, 0.2) is 0 Å². The van der Waals surface area contributed by atoms with Gasteiger partial charge >= 0.3 is 0 Å². The number of hydrogen-bond acceptors (Lipinski definition) is 3. The summed E-state index contributed by atoms with van der Waals surface area (Å²) in [5.41, 5.74) is 1.09. The second-order valence-electron chi connectivity index (χ2n) is 3.53. The standard InChI is InChI=1S/C11H17BrN2S/c1-9(5-6-15-2)13-8-11-4-3-10(12)7-14-11/h3-4,7,9,13H,5-6,8H2,1-2H3. The van der Waals surface area contributed by atoms with E-state index in [1.807, 2.05) is 30.1 Å². The van der Waals surface area contributed by atoms with Crippen molar-refractivity contribution in [2.75, 3.05) is 12.0 Å². The maximum atomic E-state index is 4.32. The minimum Gasteiger partial charge on any atom is -0.309 e. The molecular formula is C11H17BrN2S. The maximum Gasteiger partial charge on any atom is 0.0542 e. The van der Waals surface area contributed by atoms with E-state index in [-0.39, 0.29) is 0 Å². The van der Waals surface area contributed by atoms with E-state index < -0.39 is 0 Å². The molecule has 0 spiro atoms. The topological polar surface area (TPSA) is 24.9 Å². The van der Waals surface area contributed by atoms with Crippen LogP contribution in [0.25, 0.3) is 0 Å². The lowest BCUT2D eigenvalue weighted by Gasteiger charge is -2.12. The van der Waals surface area contributed by atoms with Crippen LogP contribution in [0.15, 0.2) is 22.8 Å². The van der Waals surface area contributed by atoms with Gasteiger partial charge in [-0.15, -0.1) is 0 Å². The normalized spacial score (nSPS) is 12.7. The summed E-state index contributed by atoms with van der Waals surface area (Å²) in [4.78, 5) is 4.32. The third-order valence-corrected chi connectivity index (χ3v) is 3.29. The van der Waals surface area contributed by atoms with E-state index in [4.69, 9.17) is 0 Å². The Hall–Kier alpha value is -0.0600. The highest BCUT2D eigenvalue weighted by Crippen LogP contribution is 2.07. The van der Waals surface area contributed by atoms with Gasteiger partial charge in [0.25, 0.3) is 0 Å². The highest BCUT2D eigenvalue weighted by molar-refractivity contribution is 9.10. The Bertz CT molecular complexity index is 276. The summed E-state index contributed by atoms with van der Waals surface area (Å²) in [6.45, 7) is 3.07. The van der Waals surface area contributed by atoms with Crippen molar-refractivity contribution in [2.24, 2.45) is 0 Å². The first kappa shape index (κ1) is 13.0. The summed E-state index contributed by atoms with van der Waals surface area (Å²) in [6.07, 6.45) is 5.18. The Kier molecular flexibility index (Phi) is 6.29. The van der Waals surface area contributed by atoms with E-state index in [9.17, 15) is 0 Å². The highest BCUT2D eigenvalue weighted by Gasteiger charge is 2.01. The highest BCUT2D eigenvalue weighted by atomic mass is 79.9. The number of pyridine rings is 1. The van der Waals surface area contributed by atoms with Crippen LogP contribution in [-0.4, -0.2) is 23.0 Å². The van der Waals surface area contributed by atoms with Crippen LogP contribution in [0.2, 0.25) is 0 Å². The molecule has 0 radical (unpaired) electrons. The molecule has 0 saturated heterocycles. The predicted octanol–water partition coefficient (Wildman–Crippen LogP) is 3.08. The van der Waals surface area contributed by atoms with E-state index in [1.54, 1.807) is 0 Å². The van der Waals surface area contributed by atoms with Crippen LogP contribution in [0.3, 0.4) is 0 Å². The van der Waals surface area contributed by atoms with Gasteiger partial charge < -0.3 is 5.32 Å². The fourth-order valence-electron chi connectivity index (χ4n) is 1.19. The molecular weight excluding hydrogens is 272 g/mol. The van der Waals surface area contributed by atoms with Gasteiger partial charge in [-0.25, -0.2) is 0 Å². The summed E-state index contributed by atoms with van der Waals surface area (Å²) in [7, 11) is 0. The number of nitrogens with zero attached hydrogens (tertiary/aromatic N) is 1. The molecule has 1 N–H and O–H groups in total. The van der Waals surface area contributed by atoms with Gasteiger partial charge in [0.1, 0.15) is 0 Å². The maximum absolute atomic E-state index is 4.32. The number of hydrogen-bond donors (Lipinski definition) is 1. The summed E-state index contributed by atoms with van der Waals surface area (Å²) < 4.78 is 1.03. The van der Waals surface area contributed by atoms with Crippen LogP contribution in [0.1, 0.15) is 19.0 Å². The van der Waals surface area contributed by atoms with Crippen molar-refractivity contribution in [2.45, 2.75) is 25.9 Å². The molecule has 0 aliphatic rings. The molecule has 2 nitrogen and oxygen atoms in total. The quantitative estimate of drug-likeness (QED) is 0.871. The molecule has 1 heterocycles. The summed E-state index contributed by atoms with van der Waals surface area (Å²) >= 11 is 5.27. The zero-order chi connectivity index (χ0) is 11.1. The van der Waals surface area contributed by atoms with Gasteiger partial charge in [-0.05, 0) is 53.4 Å². The third kappa shape index (κ3) is 5.54. The van der Waals surface area contributed by atoms with Gasteiger partial charge in [-0.1, -0.05) is 0 Å². The lowest BCUT2D eigenvalue weighted by atomic mass is 10.2. The van der Waals surface area contributed by atoms with Crippen LogP contribution in [0.5, 0.6) is 0 Å². The number of halogens is 1. The Labute approximate surface area is 104 Å². The largest absolute Gasteiger partial charge is 0.309 e. The van der Waals surface area contributed by atoms with Gasteiger partial charge in [0, 0.05) is 23.3 Å². The van der Waals surface area contributed by atoms with Gasteiger partial charge in [-0.3, -0.25) is 4.98 Å². The molecule has 0 saturated carbocycles. The molecule has 0 amide bonds. The minimum absolute atomic E-state index is 0.558. The second kappa shape index (κ2) is 7.25. The Morgan fingerprint density at radius 1 is 1.53 bits per heavy atom. The minimum atomic E-state index is 0.558. The second-order valence-corrected chi connectivity index (χ2v) is 5.43. The van der Waals surface area contributed by atoms with E-state index in [0.29, 0.717) is 6.04 Å². The fourth-order valence-corrected chi connectivity index (χ4v) is 2.01. The number of thioether (sulfide) groups is 1. The van der Waals surface area contributed by atoms with E-state index in [0.717, 1.165) is 16.7 Å². The average molecular weight is 289 g/mol. The zero-order valence-corrected chi connectivity index (χ0v) is 11.6. The van der Waals surface area contributed by atoms with Crippen LogP contribution < -0.4 is 5.32 Å². The Morgan fingerprint density at radius 2 is 2.33 bits per heavy atom. The first-order chi connectivity index (χ1) is 7.22. The first-order valence-electron chi connectivity index (χ1n) is 5.05. The summed E-state index contributed by atoms with van der Waals surface area (Å²) in [5.74, 6) is 1.21. The molecule has 1 aromatic heterocycles. The van der Waals surface area contributed by atoms with Crippen LogP contribution >= 0.6 is 27.7 Å². The molecule has 0 fully saturated rings. The molecule has 4 heteroatoms. The summed E-state index contributed by atoms with van der Waals surface area (Å²) in [5, 5.41) is 3.46. The monoisotopic (exact) mass is 288 g/mol. The van der Waals surface area contributed by atoms with Crippen molar-refractivity contribution >= 4 is 27.7 Å². The zero-order valence-electron chi connectivity index (χ0n) is 9.16. The average Bonchev–Trinajstić information content (AvgIpc) is 2.25. The molecule has 1 atom stereocenters. The van der Waals surface area contributed by atoms with Crippen molar-refractivity contribution in [3.63, 3.8) is 0 Å². The van der Waals surface area contributed by atoms with Crippen LogP contribution in [-0.2, 0) is 6.54 Å². The lowest BCUT2D eigenvalue weighted by molar-refractivity contribution is 0.532. The van der Waals surface area contributed by atoms with Gasteiger partial charge in [0.2, 0.25) is 0 Å². The number of nitrogens with one attached hydrogen (secondary N) is 1. The molecule has 0 aliphatic heterocycles. The summed E-state index contributed by atoms with van der Waals surface area (Å²) in [6, 6.07) is 4.62. The Morgan fingerprint density at radius 3 is 2.93 bits per heavy atom.